The molecule has 102 valence electrons. The Balaban J connectivity index is 1.89. The molecule has 5 heteroatoms. The number of rotatable bonds is 7. The van der Waals surface area contributed by atoms with E-state index in [1.807, 2.05) is 16.8 Å². The maximum atomic E-state index is 13.5. The first-order valence-corrected chi connectivity index (χ1v) is 6.23. The number of ether oxygens (including phenoxy) is 1. The Morgan fingerprint density at radius 3 is 3.00 bits per heavy atom. The van der Waals surface area contributed by atoms with Crippen LogP contribution in [-0.2, 0) is 17.8 Å². The van der Waals surface area contributed by atoms with Crippen LogP contribution >= 0.6 is 0 Å². The lowest BCUT2D eigenvalue weighted by Crippen LogP contribution is -2.18. The summed E-state index contributed by atoms with van der Waals surface area (Å²) < 4.78 is 20.3. The van der Waals surface area contributed by atoms with Gasteiger partial charge < -0.3 is 14.6 Å². The summed E-state index contributed by atoms with van der Waals surface area (Å²) in [4.78, 5) is 4.28. The van der Waals surface area contributed by atoms with E-state index in [1.165, 1.54) is 6.07 Å². The van der Waals surface area contributed by atoms with Crippen molar-refractivity contribution in [2.75, 3.05) is 20.3 Å². The minimum absolute atomic E-state index is 0.184. The number of nitrogens with zero attached hydrogens (tertiary/aromatic N) is 2. The Kier molecular flexibility index (Phi) is 5.06. The van der Waals surface area contributed by atoms with Crippen LogP contribution in [0.25, 0.3) is 0 Å². The summed E-state index contributed by atoms with van der Waals surface area (Å²) >= 11 is 0. The van der Waals surface area contributed by atoms with Gasteiger partial charge in [-0.2, -0.15) is 0 Å². The molecule has 1 aromatic carbocycles. The first-order valence-electron chi connectivity index (χ1n) is 6.23. The van der Waals surface area contributed by atoms with E-state index in [-0.39, 0.29) is 5.82 Å². The van der Waals surface area contributed by atoms with E-state index < -0.39 is 0 Å². The van der Waals surface area contributed by atoms with Crippen LogP contribution in [0.15, 0.2) is 36.8 Å². The summed E-state index contributed by atoms with van der Waals surface area (Å²) in [5.74, 6) is -0.184. The van der Waals surface area contributed by atoms with Gasteiger partial charge in [0.05, 0.1) is 25.2 Å². The van der Waals surface area contributed by atoms with Crippen LogP contribution in [0.3, 0.4) is 0 Å². The minimum Gasteiger partial charge on any atom is -0.383 e. The Morgan fingerprint density at radius 2 is 2.21 bits per heavy atom. The highest BCUT2D eigenvalue weighted by Gasteiger charge is 2.03. The number of methoxy groups -OCH3 is 1. The van der Waals surface area contributed by atoms with E-state index >= 15 is 0 Å². The zero-order valence-electron chi connectivity index (χ0n) is 11.0. The monoisotopic (exact) mass is 263 g/mol. The minimum atomic E-state index is -0.184. The predicted molar refractivity (Wildman–Crippen MR) is 71.3 cm³/mol. The number of imidazole rings is 1. The van der Waals surface area contributed by atoms with Crippen LogP contribution in [0, 0.1) is 5.82 Å². The molecular formula is C14H18FN3O. The van der Waals surface area contributed by atoms with Gasteiger partial charge in [-0.25, -0.2) is 9.37 Å². The van der Waals surface area contributed by atoms with Crippen LogP contribution < -0.4 is 5.32 Å². The normalized spacial score (nSPS) is 10.8. The molecule has 0 amide bonds. The van der Waals surface area contributed by atoms with Gasteiger partial charge in [0.2, 0.25) is 0 Å². The SMILES string of the molecule is COCCNCc1cn(Cc2ccccc2F)cn1. The third kappa shape index (κ3) is 4.15. The molecule has 1 N–H and O–H groups in total. The topological polar surface area (TPSA) is 39.1 Å². The van der Waals surface area contributed by atoms with Crippen LogP contribution in [0.1, 0.15) is 11.3 Å². The van der Waals surface area contributed by atoms with Crippen molar-refractivity contribution in [3.8, 4) is 0 Å². The Morgan fingerprint density at radius 1 is 1.37 bits per heavy atom. The van der Waals surface area contributed by atoms with Gasteiger partial charge in [-0.1, -0.05) is 18.2 Å². The molecule has 0 unspecified atom stereocenters. The van der Waals surface area contributed by atoms with E-state index in [2.05, 4.69) is 10.3 Å². The molecule has 2 rings (SSSR count). The van der Waals surface area contributed by atoms with Gasteiger partial charge >= 0.3 is 0 Å². The molecule has 1 heterocycles. The second-order valence-electron chi connectivity index (χ2n) is 4.30. The largest absolute Gasteiger partial charge is 0.383 e. The number of aromatic nitrogens is 2. The Hall–Kier alpha value is -1.72. The molecule has 0 aliphatic heterocycles. The summed E-state index contributed by atoms with van der Waals surface area (Å²) in [5.41, 5.74) is 1.60. The summed E-state index contributed by atoms with van der Waals surface area (Å²) in [5, 5.41) is 3.22. The fraction of sp³-hybridized carbons (Fsp3) is 0.357. The number of benzene rings is 1. The molecule has 1 aromatic heterocycles. The maximum absolute atomic E-state index is 13.5. The van der Waals surface area contributed by atoms with Gasteiger partial charge in [-0.05, 0) is 6.07 Å². The molecular weight excluding hydrogens is 245 g/mol. The van der Waals surface area contributed by atoms with Crippen molar-refractivity contribution in [3.05, 3.63) is 53.9 Å². The number of hydrogen-bond donors (Lipinski definition) is 1. The quantitative estimate of drug-likeness (QED) is 0.774. The highest BCUT2D eigenvalue weighted by atomic mass is 19.1. The highest BCUT2D eigenvalue weighted by molar-refractivity contribution is 5.18. The molecule has 0 bridgehead atoms. The Labute approximate surface area is 112 Å². The van der Waals surface area contributed by atoms with E-state index in [0.717, 1.165) is 12.2 Å². The van der Waals surface area contributed by atoms with Crippen LogP contribution in [-0.4, -0.2) is 29.8 Å². The van der Waals surface area contributed by atoms with Crippen molar-refractivity contribution >= 4 is 0 Å². The van der Waals surface area contributed by atoms with Crippen LogP contribution in [0.4, 0.5) is 4.39 Å². The van der Waals surface area contributed by atoms with Crippen molar-refractivity contribution in [2.24, 2.45) is 0 Å². The first kappa shape index (κ1) is 13.7. The summed E-state index contributed by atoms with van der Waals surface area (Å²) in [6.45, 7) is 2.65. The van der Waals surface area contributed by atoms with E-state index in [4.69, 9.17) is 4.74 Å². The predicted octanol–water partition coefficient (Wildman–Crippen LogP) is 1.81. The van der Waals surface area contributed by atoms with Crippen molar-refractivity contribution in [1.29, 1.82) is 0 Å². The van der Waals surface area contributed by atoms with Crippen LogP contribution in [0.2, 0.25) is 0 Å². The lowest BCUT2D eigenvalue weighted by molar-refractivity contribution is 0.199. The standard InChI is InChI=1S/C14H18FN3O/c1-19-7-6-16-8-13-10-18(11-17-13)9-12-4-2-3-5-14(12)15/h2-5,10-11,16H,6-9H2,1H3. The molecule has 19 heavy (non-hydrogen) atoms. The van der Waals surface area contributed by atoms with Gasteiger partial charge in [0.15, 0.2) is 0 Å². The number of hydrogen-bond acceptors (Lipinski definition) is 3. The molecule has 0 aliphatic rings. The average Bonchev–Trinajstić information content (AvgIpc) is 2.85. The van der Waals surface area contributed by atoms with E-state index in [9.17, 15) is 4.39 Å². The smallest absolute Gasteiger partial charge is 0.128 e. The van der Waals surface area contributed by atoms with Gasteiger partial charge in [0, 0.05) is 32.0 Å². The highest BCUT2D eigenvalue weighted by Crippen LogP contribution is 2.09. The zero-order chi connectivity index (χ0) is 13.5. The second kappa shape index (κ2) is 7.01. The fourth-order valence-corrected chi connectivity index (χ4v) is 1.80. The third-order valence-corrected chi connectivity index (χ3v) is 2.79. The van der Waals surface area contributed by atoms with Crippen molar-refractivity contribution in [1.82, 2.24) is 14.9 Å². The molecule has 0 spiro atoms. The van der Waals surface area contributed by atoms with Crippen molar-refractivity contribution in [3.63, 3.8) is 0 Å². The Bertz CT molecular complexity index is 513. The molecule has 4 nitrogen and oxygen atoms in total. The molecule has 0 radical (unpaired) electrons. The summed E-state index contributed by atoms with van der Waals surface area (Å²) in [6.07, 6.45) is 3.64. The molecule has 2 aromatic rings. The molecule has 0 fully saturated rings. The maximum Gasteiger partial charge on any atom is 0.128 e. The molecule has 0 aliphatic carbocycles. The van der Waals surface area contributed by atoms with E-state index in [0.29, 0.717) is 25.3 Å². The van der Waals surface area contributed by atoms with Crippen molar-refractivity contribution in [2.45, 2.75) is 13.1 Å². The molecule has 0 atom stereocenters. The lowest BCUT2D eigenvalue weighted by Gasteiger charge is -2.03. The number of nitrogens with one attached hydrogen (secondary N) is 1. The van der Waals surface area contributed by atoms with Gasteiger partial charge in [-0.3, -0.25) is 0 Å². The lowest BCUT2D eigenvalue weighted by atomic mass is 10.2. The van der Waals surface area contributed by atoms with Gasteiger partial charge in [-0.15, -0.1) is 0 Å². The summed E-state index contributed by atoms with van der Waals surface area (Å²) in [6, 6.07) is 6.78. The third-order valence-electron chi connectivity index (χ3n) is 2.79. The fourth-order valence-electron chi connectivity index (χ4n) is 1.80. The van der Waals surface area contributed by atoms with Crippen molar-refractivity contribution < 1.29 is 9.13 Å². The van der Waals surface area contributed by atoms with Gasteiger partial charge in [0.25, 0.3) is 0 Å². The molecule has 0 saturated heterocycles. The second-order valence-corrected chi connectivity index (χ2v) is 4.30. The van der Waals surface area contributed by atoms with Crippen LogP contribution in [0.5, 0.6) is 0 Å². The molecule has 0 saturated carbocycles. The zero-order valence-corrected chi connectivity index (χ0v) is 11.0. The van der Waals surface area contributed by atoms with E-state index in [1.54, 1.807) is 25.6 Å². The number of halogens is 1. The average molecular weight is 263 g/mol. The van der Waals surface area contributed by atoms with Gasteiger partial charge in [0.1, 0.15) is 5.82 Å². The first-order chi connectivity index (χ1) is 9.29. The summed E-state index contributed by atoms with van der Waals surface area (Å²) in [7, 11) is 1.67.